The molecule has 0 spiro atoms. The molecular weight excluding hydrogens is 226 g/mol. The highest BCUT2D eigenvalue weighted by Gasteiger charge is 2.20. The fourth-order valence-electron chi connectivity index (χ4n) is 2.80. The summed E-state index contributed by atoms with van der Waals surface area (Å²) in [4.78, 5) is 11.3. The van der Waals surface area contributed by atoms with Gasteiger partial charge in [0.1, 0.15) is 0 Å². The average molecular weight is 247 g/mol. The van der Waals surface area contributed by atoms with Crippen molar-refractivity contribution in [3.8, 4) is 0 Å². The number of piperazine rings is 1. The first kappa shape index (κ1) is 11.7. The van der Waals surface area contributed by atoms with Gasteiger partial charge in [0.2, 0.25) is 0 Å². The Hall–Kier alpha value is -1.36. The lowest BCUT2D eigenvalue weighted by Crippen LogP contribution is -2.44. The summed E-state index contributed by atoms with van der Waals surface area (Å²) in [5.41, 5.74) is 0. The molecule has 2 N–H and O–H groups in total. The maximum absolute atomic E-state index is 4.52. The molecule has 98 valence electrons. The van der Waals surface area contributed by atoms with Crippen molar-refractivity contribution in [1.29, 1.82) is 0 Å². The van der Waals surface area contributed by atoms with E-state index in [2.05, 4.69) is 25.5 Å². The molecule has 0 radical (unpaired) electrons. The second kappa shape index (κ2) is 5.52. The van der Waals surface area contributed by atoms with Crippen molar-refractivity contribution in [2.75, 3.05) is 36.4 Å². The normalized spacial score (nSPS) is 21.2. The average Bonchev–Trinajstić information content (AvgIpc) is 2.93. The lowest BCUT2D eigenvalue weighted by molar-refractivity contribution is 0.584. The Labute approximate surface area is 108 Å². The molecule has 5 heteroatoms. The van der Waals surface area contributed by atoms with Gasteiger partial charge in [0.05, 0.1) is 0 Å². The van der Waals surface area contributed by atoms with Gasteiger partial charge < -0.3 is 15.5 Å². The number of hydrogen-bond acceptors (Lipinski definition) is 5. The quantitative estimate of drug-likeness (QED) is 0.841. The monoisotopic (exact) mass is 247 g/mol. The highest BCUT2D eigenvalue weighted by Crippen LogP contribution is 2.26. The van der Waals surface area contributed by atoms with E-state index in [1.165, 1.54) is 25.7 Å². The zero-order valence-corrected chi connectivity index (χ0v) is 10.7. The van der Waals surface area contributed by atoms with Crippen LogP contribution in [-0.4, -0.2) is 42.2 Å². The molecule has 1 aromatic rings. The minimum Gasteiger partial charge on any atom is -0.364 e. The van der Waals surface area contributed by atoms with Crippen LogP contribution < -0.4 is 15.5 Å². The second-order valence-corrected chi connectivity index (χ2v) is 5.09. The summed E-state index contributed by atoms with van der Waals surface area (Å²) >= 11 is 0. The summed E-state index contributed by atoms with van der Waals surface area (Å²) in [6.45, 7) is 4.08. The molecule has 1 aromatic heterocycles. The van der Waals surface area contributed by atoms with Gasteiger partial charge in [0.25, 0.3) is 0 Å². The molecule has 0 atom stereocenters. The topological polar surface area (TPSA) is 53.1 Å². The van der Waals surface area contributed by atoms with Gasteiger partial charge in [-0.1, -0.05) is 12.8 Å². The molecule has 2 fully saturated rings. The number of aromatic nitrogens is 2. The van der Waals surface area contributed by atoms with Crippen molar-refractivity contribution in [2.45, 2.75) is 31.7 Å². The van der Waals surface area contributed by atoms with Crippen LogP contribution in [0, 0.1) is 0 Å². The molecule has 0 amide bonds. The third-order valence-corrected chi connectivity index (χ3v) is 3.79. The van der Waals surface area contributed by atoms with Crippen LogP contribution in [0.4, 0.5) is 11.6 Å². The Bertz CT molecular complexity index is 383. The van der Waals surface area contributed by atoms with E-state index in [-0.39, 0.29) is 0 Å². The second-order valence-electron chi connectivity index (χ2n) is 5.09. The van der Waals surface area contributed by atoms with Gasteiger partial charge in [0, 0.05) is 44.6 Å². The lowest BCUT2D eigenvalue weighted by Gasteiger charge is -2.30. The van der Waals surface area contributed by atoms with E-state index in [4.69, 9.17) is 0 Å². The van der Waals surface area contributed by atoms with Crippen LogP contribution in [0.2, 0.25) is 0 Å². The predicted octanol–water partition coefficient (Wildman–Crippen LogP) is 1.24. The minimum absolute atomic E-state index is 0.586. The van der Waals surface area contributed by atoms with Gasteiger partial charge in [0.15, 0.2) is 11.6 Å². The molecule has 1 saturated carbocycles. The first-order valence-corrected chi connectivity index (χ1v) is 6.97. The van der Waals surface area contributed by atoms with Crippen LogP contribution in [0.5, 0.6) is 0 Å². The first-order chi connectivity index (χ1) is 8.93. The van der Waals surface area contributed by atoms with Crippen molar-refractivity contribution in [3.05, 3.63) is 12.4 Å². The fourth-order valence-corrected chi connectivity index (χ4v) is 2.80. The van der Waals surface area contributed by atoms with Crippen LogP contribution in [-0.2, 0) is 0 Å². The molecule has 2 aliphatic rings. The van der Waals surface area contributed by atoms with E-state index in [0.717, 1.165) is 37.8 Å². The van der Waals surface area contributed by atoms with Crippen molar-refractivity contribution in [3.63, 3.8) is 0 Å². The number of anilines is 2. The standard InChI is InChI=1S/C13H21N5/c1-2-4-11(3-1)17-12-13(16-6-5-15-12)18-9-7-14-8-10-18/h5-6,11,14H,1-4,7-10H2,(H,15,17). The Morgan fingerprint density at radius 3 is 2.61 bits per heavy atom. The number of rotatable bonds is 3. The Kier molecular flexibility index (Phi) is 3.59. The third-order valence-electron chi connectivity index (χ3n) is 3.79. The van der Waals surface area contributed by atoms with Crippen LogP contribution in [0.15, 0.2) is 12.4 Å². The van der Waals surface area contributed by atoms with Crippen LogP contribution in [0.1, 0.15) is 25.7 Å². The van der Waals surface area contributed by atoms with Gasteiger partial charge in [-0.3, -0.25) is 0 Å². The number of hydrogen-bond donors (Lipinski definition) is 2. The lowest BCUT2D eigenvalue weighted by atomic mass is 10.2. The SMILES string of the molecule is c1cnc(N2CCNCC2)c(NC2CCCC2)n1. The van der Waals surface area contributed by atoms with E-state index in [1.54, 1.807) is 12.4 Å². The molecule has 0 unspecified atom stereocenters. The van der Waals surface area contributed by atoms with Crippen molar-refractivity contribution in [1.82, 2.24) is 15.3 Å². The van der Waals surface area contributed by atoms with E-state index in [9.17, 15) is 0 Å². The number of nitrogens with zero attached hydrogens (tertiary/aromatic N) is 3. The summed E-state index contributed by atoms with van der Waals surface area (Å²) in [5, 5.41) is 6.94. The maximum atomic E-state index is 4.52. The van der Waals surface area contributed by atoms with Gasteiger partial charge in [-0.15, -0.1) is 0 Å². The van der Waals surface area contributed by atoms with Gasteiger partial charge in [-0.2, -0.15) is 0 Å². The Morgan fingerprint density at radius 1 is 1.11 bits per heavy atom. The van der Waals surface area contributed by atoms with Crippen LogP contribution >= 0.6 is 0 Å². The first-order valence-electron chi connectivity index (χ1n) is 6.97. The molecule has 0 aromatic carbocycles. The van der Waals surface area contributed by atoms with E-state index >= 15 is 0 Å². The molecule has 1 aliphatic heterocycles. The largest absolute Gasteiger partial charge is 0.364 e. The molecule has 5 nitrogen and oxygen atoms in total. The van der Waals surface area contributed by atoms with Gasteiger partial charge in [-0.05, 0) is 12.8 Å². The molecule has 0 bridgehead atoms. The third kappa shape index (κ3) is 2.56. The number of nitrogens with one attached hydrogen (secondary N) is 2. The molecule has 1 saturated heterocycles. The molecule has 3 rings (SSSR count). The zero-order valence-electron chi connectivity index (χ0n) is 10.7. The van der Waals surface area contributed by atoms with Crippen LogP contribution in [0.25, 0.3) is 0 Å². The summed E-state index contributed by atoms with van der Waals surface area (Å²) in [5.74, 6) is 1.98. The maximum Gasteiger partial charge on any atom is 0.171 e. The zero-order chi connectivity index (χ0) is 12.2. The van der Waals surface area contributed by atoms with E-state index in [0.29, 0.717) is 6.04 Å². The summed E-state index contributed by atoms with van der Waals surface area (Å²) in [7, 11) is 0. The highest BCUT2D eigenvalue weighted by atomic mass is 15.3. The van der Waals surface area contributed by atoms with Crippen molar-refractivity contribution >= 4 is 11.6 Å². The highest BCUT2D eigenvalue weighted by molar-refractivity contribution is 5.61. The van der Waals surface area contributed by atoms with E-state index < -0.39 is 0 Å². The summed E-state index contributed by atoms with van der Waals surface area (Å²) < 4.78 is 0. The van der Waals surface area contributed by atoms with Crippen LogP contribution in [0.3, 0.4) is 0 Å². The molecule has 18 heavy (non-hydrogen) atoms. The van der Waals surface area contributed by atoms with Gasteiger partial charge in [-0.25, -0.2) is 9.97 Å². The minimum atomic E-state index is 0.586. The fraction of sp³-hybridized carbons (Fsp3) is 0.692. The van der Waals surface area contributed by atoms with Crippen molar-refractivity contribution < 1.29 is 0 Å². The molecule has 1 aliphatic carbocycles. The van der Waals surface area contributed by atoms with Gasteiger partial charge >= 0.3 is 0 Å². The smallest absolute Gasteiger partial charge is 0.171 e. The Balaban J connectivity index is 1.75. The van der Waals surface area contributed by atoms with Crippen molar-refractivity contribution in [2.24, 2.45) is 0 Å². The molecule has 2 heterocycles. The van der Waals surface area contributed by atoms with E-state index in [1.807, 2.05) is 0 Å². The Morgan fingerprint density at radius 2 is 1.83 bits per heavy atom. The molecular formula is C13H21N5. The summed E-state index contributed by atoms with van der Waals surface area (Å²) in [6.07, 6.45) is 8.76. The summed E-state index contributed by atoms with van der Waals surface area (Å²) in [6, 6.07) is 0.586. The predicted molar refractivity (Wildman–Crippen MR) is 73.0 cm³/mol.